The second kappa shape index (κ2) is 11.0. The number of allylic oxidation sites excluding steroid dienone is 2. The molecule has 6 nitrogen and oxygen atoms in total. The van der Waals surface area contributed by atoms with Crippen molar-refractivity contribution < 1.29 is 4.79 Å². The molecule has 2 heterocycles. The number of fused-ring (bicyclic) bond motifs is 2. The van der Waals surface area contributed by atoms with Crippen LogP contribution in [-0.4, -0.2) is 25.7 Å². The number of nitriles is 1. The number of nitrogens with zero attached hydrogens (tertiary/aromatic N) is 4. The molecular weight excluding hydrogens is 468 g/mol. The molecule has 1 aliphatic carbocycles. The van der Waals surface area contributed by atoms with Gasteiger partial charge in [0, 0.05) is 35.8 Å². The molecule has 0 atom stereocenters. The predicted molar refractivity (Wildman–Crippen MR) is 144 cm³/mol. The molecule has 0 saturated heterocycles. The maximum Gasteiger partial charge on any atom is 0.262 e. The van der Waals surface area contributed by atoms with Crippen LogP contribution in [0.15, 0.2) is 76.3 Å². The normalized spacial score (nSPS) is 13.6. The Balaban J connectivity index is 1.43. The molecule has 36 heavy (non-hydrogen) atoms. The Morgan fingerprint density at radius 3 is 2.67 bits per heavy atom. The van der Waals surface area contributed by atoms with E-state index in [0.29, 0.717) is 41.1 Å². The molecular formula is C29H28N4O2S. The zero-order valence-corrected chi connectivity index (χ0v) is 21.0. The first-order chi connectivity index (χ1) is 17.7. The third-order valence-corrected chi connectivity index (χ3v) is 7.73. The average molecular weight is 497 g/mol. The molecule has 0 aliphatic heterocycles. The van der Waals surface area contributed by atoms with Gasteiger partial charge in [-0.25, -0.2) is 4.98 Å². The molecule has 0 N–H and O–H groups in total. The van der Waals surface area contributed by atoms with Gasteiger partial charge in [0.1, 0.15) is 0 Å². The minimum atomic E-state index is -0.0555. The summed E-state index contributed by atoms with van der Waals surface area (Å²) in [5.74, 6) is 0.163. The Morgan fingerprint density at radius 1 is 1.06 bits per heavy atom. The summed E-state index contributed by atoms with van der Waals surface area (Å²) in [5.41, 5.74) is 3.58. The van der Waals surface area contributed by atoms with Gasteiger partial charge in [-0.15, -0.1) is 0 Å². The van der Waals surface area contributed by atoms with Crippen molar-refractivity contribution in [2.45, 2.75) is 56.8 Å². The summed E-state index contributed by atoms with van der Waals surface area (Å²) in [6.45, 7) is 1.10. The molecule has 0 bridgehead atoms. The van der Waals surface area contributed by atoms with Gasteiger partial charge in [0.2, 0.25) is 0 Å². The van der Waals surface area contributed by atoms with Crippen molar-refractivity contribution in [2.75, 3.05) is 5.75 Å². The maximum absolute atomic E-state index is 13.4. The first-order valence-corrected chi connectivity index (χ1v) is 13.4. The summed E-state index contributed by atoms with van der Waals surface area (Å²) in [4.78, 5) is 31.5. The summed E-state index contributed by atoms with van der Waals surface area (Å²) >= 11 is 1.32. The summed E-state index contributed by atoms with van der Waals surface area (Å²) in [7, 11) is 0. The molecule has 7 heteroatoms. The molecule has 0 radical (unpaired) electrons. The van der Waals surface area contributed by atoms with Crippen LogP contribution in [-0.2, 0) is 13.1 Å². The van der Waals surface area contributed by atoms with Gasteiger partial charge in [-0.3, -0.25) is 14.2 Å². The third-order valence-electron chi connectivity index (χ3n) is 6.75. The first kappa shape index (κ1) is 24.1. The van der Waals surface area contributed by atoms with Crippen molar-refractivity contribution in [2.24, 2.45) is 0 Å². The molecule has 4 aromatic rings. The van der Waals surface area contributed by atoms with Crippen LogP contribution in [0.4, 0.5) is 0 Å². The highest BCUT2D eigenvalue weighted by Crippen LogP contribution is 2.26. The quantitative estimate of drug-likeness (QED) is 0.120. The third kappa shape index (κ3) is 5.00. The summed E-state index contributed by atoms with van der Waals surface area (Å²) in [5, 5.41) is 11.1. The number of aromatic nitrogens is 3. The Hall–Kier alpha value is -3.63. The monoisotopic (exact) mass is 496 g/mol. The molecule has 2 aromatic heterocycles. The fourth-order valence-corrected chi connectivity index (χ4v) is 5.78. The number of aryl methyl sites for hydroxylation is 1. The van der Waals surface area contributed by atoms with Crippen molar-refractivity contribution in [1.29, 1.82) is 5.26 Å². The lowest BCUT2D eigenvalue weighted by Gasteiger charge is -2.16. The smallest absolute Gasteiger partial charge is 0.262 e. The van der Waals surface area contributed by atoms with E-state index in [0.717, 1.165) is 30.2 Å². The summed E-state index contributed by atoms with van der Waals surface area (Å²) in [6.07, 6.45) is 10.00. The number of hydrogen-bond acceptors (Lipinski definition) is 5. The van der Waals surface area contributed by atoms with E-state index in [2.05, 4.69) is 12.1 Å². The second-order valence-corrected chi connectivity index (χ2v) is 10.0. The van der Waals surface area contributed by atoms with Crippen molar-refractivity contribution >= 4 is 39.4 Å². The van der Waals surface area contributed by atoms with Crippen LogP contribution in [0.3, 0.4) is 0 Å². The van der Waals surface area contributed by atoms with Gasteiger partial charge >= 0.3 is 0 Å². The van der Waals surface area contributed by atoms with Crippen LogP contribution in [0.2, 0.25) is 0 Å². The SMILES string of the molecule is N#CCCn1cc(C(=O)CSc2nc3ccccc3c(=O)n2CCC2=CCCCC2)c2ccccc21. The topological polar surface area (TPSA) is 80.7 Å². The Morgan fingerprint density at radius 2 is 1.86 bits per heavy atom. The van der Waals surface area contributed by atoms with Gasteiger partial charge in [0.05, 0.1) is 29.1 Å². The lowest BCUT2D eigenvalue weighted by Crippen LogP contribution is -2.24. The molecule has 0 spiro atoms. The maximum atomic E-state index is 13.4. The van der Waals surface area contributed by atoms with E-state index >= 15 is 0 Å². The fourth-order valence-electron chi connectivity index (χ4n) is 4.87. The average Bonchev–Trinajstić information content (AvgIpc) is 3.29. The predicted octanol–water partition coefficient (Wildman–Crippen LogP) is 6.13. The molecule has 182 valence electrons. The van der Waals surface area contributed by atoms with E-state index < -0.39 is 0 Å². The van der Waals surface area contributed by atoms with Gasteiger partial charge in [0.15, 0.2) is 10.9 Å². The first-order valence-electron chi connectivity index (χ1n) is 12.4. The van der Waals surface area contributed by atoms with E-state index in [1.165, 1.54) is 30.2 Å². The number of para-hydroxylation sites is 2. The van der Waals surface area contributed by atoms with Gasteiger partial charge in [-0.2, -0.15) is 5.26 Å². The fraction of sp³-hybridized carbons (Fsp3) is 0.310. The lowest BCUT2D eigenvalue weighted by atomic mass is 9.97. The summed E-state index contributed by atoms with van der Waals surface area (Å²) in [6, 6.07) is 17.3. The van der Waals surface area contributed by atoms with E-state index in [4.69, 9.17) is 10.2 Å². The number of benzene rings is 2. The molecule has 1 aliphatic rings. The number of carbonyl (C=O) groups is 1. The highest BCUT2D eigenvalue weighted by molar-refractivity contribution is 7.99. The van der Waals surface area contributed by atoms with E-state index in [1.807, 2.05) is 59.3 Å². The van der Waals surface area contributed by atoms with Crippen LogP contribution in [0.25, 0.3) is 21.8 Å². The van der Waals surface area contributed by atoms with Crippen molar-refractivity contribution in [3.05, 3.63) is 82.3 Å². The van der Waals surface area contributed by atoms with E-state index in [-0.39, 0.29) is 17.1 Å². The highest BCUT2D eigenvalue weighted by Gasteiger charge is 2.18. The number of ketones is 1. The number of hydrogen-bond donors (Lipinski definition) is 0. The Labute approximate surface area is 214 Å². The highest BCUT2D eigenvalue weighted by atomic mass is 32.2. The van der Waals surface area contributed by atoms with Gasteiger partial charge in [-0.05, 0) is 50.3 Å². The lowest BCUT2D eigenvalue weighted by molar-refractivity contribution is 0.102. The van der Waals surface area contributed by atoms with Crippen LogP contribution in [0.1, 0.15) is 48.9 Å². The molecule has 5 rings (SSSR count). The minimum absolute atomic E-state index is 0.0177. The number of Topliss-reactive ketones (excluding diaryl/α,β-unsaturated/α-hetero) is 1. The molecule has 2 aromatic carbocycles. The van der Waals surface area contributed by atoms with Gasteiger partial charge in [-0.1, -0.05) is 53.7 Å². The van der Waals surface area contributed by atoms with Crippen LogP contribution in [0.5, 0.6) is 0 Å². The van der Waals surface area contributed by atoms with Crippen LogP contribution in [0, 0.1) is 11.3 Å². The van der Waals surface area contributed by atoms with E-state index in [9.17, 15) is 9.59 Å². The van der Waals surface area contributed by atoms with Crippen molar-refractivity contribution in [3.63, 3.8) is 0 Å². The number of carbonyl (C=O) groups excluding carboxylic acids is 1. The molecule has 0 amide bonds. The van der Waals surface area contributed by atoms with Crippen LogP contribution >= 0.6 is 11.8 Å². The van der Waals surface area contributed by atoms with E-state index in [1.54, 1.807) is 4.57 Å². The number of rotatable bonds is 9. The van der Waals surface area contributed by atoms with Crippen LogP contribution < -0.4 is 5.56 Å². The molecule has 0 unspecified atom stereocenters. The number of thioether (sulfide) groups is 1. The second-order valence-electron chi connectivity index (χ2n) is 9.10. The van der Waals surface area contributed by atoms with Crippen molar-refractivity contribution in [3.8, 4) is 6.07 Å². The zero-order chi connectivity index (χ0) is 24.9. The minimum Gasteiger partial charge on any atom is -0.346 e. The van der Waals surface area contributed by atoms with Gasteiger partial charge < -0.3 is 4.57 Å². The van der Waals surface area contributed by atoms with Gasteiger partial charge in [0.25, 0.3) is 5.56 Å². The van der Waals surface area contributed by atoms with Crippen molar-refractivity contribution in [1.82, 2.24) is 14.1 Å². The zero-order valence-electron chi connectivity index (χ0n) is 20.2. The Bertz CT molecular complexity index is 1560. The summed E-state index contributed by atoms with van der Waals surface area (Å²) < 4.78 is 3.71. The Kier molecular flexibility index (Phi) is 7.33. The largest absolute Gasteiger partial charge is 0.346 e. The standard InChI is InChI=1S/C29H28N4O2S/c30-16-8-17-32-19-24(22-11-5-7-14-26(22)32)27(34)20-36-29-31-25-13-6-4-12-23(25)28(35)33(29)18-15-21-9-2-1-3-10-21/h4-7,9,11-14,19H,1-3,8,10,15,17-18,20H2. The molecule has 0 saturated carbocycles. The molecule has 0 fully saturated rings.